The van der Waals surface area contributed by atoms with Gasteiger partial charge >= 0.3 is 0 Å². The first-order valence-electron chi connectivity index (χ1n) is 6.93. The highest BCUT2D eigenvalue weighted by Gasteiger charge is 2.20. The molecule has 0 radical (unpaired) electrons. The smallest absolute Gasteiger partial charge is 0.204 e. The number of nitrogens with one attached hydrogen (secondary N) is 1. The summed E-state index contributed by atoms with van der Waals surface area (Å²) >= 11 is 0. The van der Waals surface area contributed by atoms with Crippen LogP contribution in [0.3, 0.4) is 0 Å². The molecule has 21 heavy (non-hydrogen) atoms. The van der Waals surface area contributed by atoms with E-state index in [-0.39, 0.29) is 0 Å². The van der Waals surface area contributed by atoms with E-state index >= 15 is 0 Å². The Morgan fingerprint density at radius 1 is 1.00 bits per heavy atom. The number of nitrogens with zero attached hydrogens (tertiary/aromatic N) is 2. The standard InChI is InChI=1S/C14H20N4O3/c1-4-19-10-7-9-11(14(18-15)17-8-16-9)13(21-6-3)12(10)20-5-2/h7-8H,4-6,15H2,1-3H3,(H,16,17,18). The van der Waals surface area contributed by atoms with Crippen LogP contribution in [0.1, 0.15) is 20.8 Å². The molecule has 0 fully saturated rings. The minimum absolute atomic E-state index is 0.476. The minimum Gasteiger partial charge on any atom is -0.490 e. The Morgan fingerprint density at radius 2 is 1.67 bits per heavy atom. The van der Waals surface area contributed by atoms with Crippen LogP contribution in [0, 0.1) is 0 Å². The number of hydrogen-bond donors (Lipinski definition) is 2. The predicted octanol–water partition coefficient (Wildman–Crippen LogP) is 2.11. The summed E-state index contributed by atoms with van der Waals surface area (Å²) in [6.45, 7) is 7.19. The van der Waals surface area contributed by atoms with Crippen molar-refractivity contribution in [2.45, 2.75) is 20.8 Å². The maximum atomic E-state index is 5.75. The Bertz CT molecular complexity index is 619. The molecule has 0 amide bonds. The van der Waals surface area contributed by atoms with Crippen LogP contribution in [0.2, 0.25) is 0 Å². The van der Waals surface area contributed by atoms with Gasteiger partial charge in [0, 0.05) is 6.07 Å². The number of fused-ring (bicyclic) bond motifs is 1. The summed E-state index contributed by atoms with van der Waals surface area (Å²) in [5, 5.41) is 0.675. The summed E-state index contributed by atoms with van der Waals surface area (Å²) in [5.41, 5.74) is 3.24. The second-order valence-corrected chi connectivity index (χ2v) is 4.09. The number of aromatic nitrogens is 2. The Labute approximate surface area is 123 Å². The van der Waals surface area contributed by atoms with Crippen molar-refractivity contribution < 1.29 is 14.2 Å². The monoisotopic (exact) mass is 292 g/mol. The van der Waals surface area contributed by atoms with E-state index in [1.807, 2.05) is 20.8 Å². The Kier molecular flexibility index (Phi) is 4.99. The van der Waals surface area contributed by atoms with Crippen molar-refractivity contribution in [3.8, 4) is 17.2 Å². The van der Waals surface area contributed by atoms with Crippen molar-refractivity contribution in [1.82, 2.24) is 9.97 Å². The maximum absolute atomic E-state index is 5.75. The maximum Gasteiger partial charge on any atom is 0.204 e. The third-order valence-corrected chi connectivity index (χ3v) is 2.82. The van der Waals surface area contributed by atoms with E-state index in [0.717, 1.165) is 0 Å². The van der Waals surface area contributed by atoms with Gasteiger partial charge in [-0.05, 0) is 20.8 Å². The summed E-state index contributed by atoms with van der Waals surface area (Å²) in [6, 6.07) is 1.80. The molecule has 0 aliphatic carbocycles. The molecule has 0 aliphatic heterocycles. The van der Waals surface area contributed by atoms with Crippen LogP contribution in [0.4, 0.5) is 5.82 Å². The fourth-order valence-corrected chi connectivity index (χ4v) is 2.08. The second-order valence-electron chi connectivity index (χ2n) is 4.09. The molecule has 7 nitrogen and oxygen atoms in total. The van der Waals surface area contributed by atoms with Crippen LogP contribution in [0.5, 0.6) is 17.2 Å². The van der Waals surface area contributed by atoms with E-state index in [4.69, 9.17) is 20.1 Å². The molecule has 0 bridgehead atoms. The molecule has 0 unspecified atom stereocenters. The van der Waals surface area contributed by atoms with E-state index in [1.54, 1.807) is 6.07 Å². The fraction of sp³-hybridized carbons (Fsp3) is 0.429. The fourth-order valence-electron chi connectivity index (χ4n) is 2.08. The van der Waals surface area contributed by atoms with E-state index in [1.165, 1.54) is 6.33 Å². The molecular formula is C14H20N4O3. The molecule has 0 saturated carbocycles. The zero-order chi connectivity index (χ0) is 15.2. The topological polar surface area (TPSA) is 91.5 Å². The molecular weight excluding hydrogens is 272 g/mol. The lowest BCUT2D eigenvalue weighted by Crippen LogP contribution is -2.11. The molecule has 2 rings (SSSR count). The van der Waals surface area contributed by atoms with Gasteiger partial charge in [0.15, 0.2) is 17.3 Å². The average molecular weight is 292 g/mol. The molecule has 1 heterocycles. The second kappa shape index (κ2) is 6.94. The number of nitrogens with two attached hydrogens (primary N) is 1. The van der Waals surface area contributed by atoms with Crippen molar-refractivity contribution in [2.24, 2.45) is 5.84 Å². The van der Waals surface area contributed by atoms with Crippen molar-refractivity contribution in [3.05, 3.63) is 12.4 Å². The van der Waals surface area contributed by atoms with Crippen LogP contribution < -0.4 is 25.5 Å². The zero-order valence-corrected chi connectivity index (χ0v) is 12.5. The third kappa shape index (κ3) is 2.92. The first kappa shape index (κ1) is 15.1. The molecule has 1 aromatic carbocycles. The van der Waals surface area contributed by atoms with Crippen molar-refractivity contribution in [3.63, 3.8) is 0 Å². The first-order chi connectivity index (χ1) is 10.3. The average Bonchev–Trinajstić information content (AvgIpc) is 2.50. The van der Waals surface area contributed by atoms with E-state index < -0.39 is 0 Å². The lowest BCUT2D eigenvalue weighted by Gasteiger charge is -2.18. The number of nitrogen functional groups attached to an aromatic ring is 1. The highest BCUT2D eigenvalue weighted by atomic mass is 16.5. The number of ether oxygens (including phenoxy) is 3. The number of rotatable bonds is 7. The molecule has 0 spiro atoms. The van der Waals surface area contributed by atoms with Gasteiger partial charge in [0.2, 0.25) is 5.75 Å². The summed E-state index contributed by atoms with van der Waals surface area (Å²) in [6.07, 6.45) is 1.43. The molecule has 1 aromatic heterocycles. The quantitative estimate of drug-likeness (QED) is 0.596. The highest BCUT2D eigenvalue weighted by Crippen LogP contribution is 2.45. The van der Waals surface area contributed by atoms with Gasteiger partial charge in [-0.15, -0.1) is 0 Å². The molecule has 0 saturated heterocycles. The van der Waals surface area contributed by atoms with Crippen LogP contribution in [-0.4, -0.2) is 29.8 Å². The molecule has 2 aromatic rings. The van der Waals surface area contributed by atoms with Gasteiger partial charge in [0.25, 0.3) is 0 Å². The van der Waals surface area contributed by atoms with Gasteiger partial charge in [-0.25, -0.2) is 15.8 Å². The van der Waals surface area contributed by atoms with Gasteiger partial charge in [-0.3, -0.25) is 0 Å². The van der Waals surface area contributed by atoms with Gasteiger partial charge < -0.3 is 19.6 Å². The summed E-state index contributed by atoms with van der Waals surface area (Å²) < 4.78 is 17.1. The molecule has 3 N–H and O–H groups in total. The lowest BCUT2D eigenvalue weighted by molar-refractivity contribution is 0.263. The van der Waals surface area contributed by atoms with Crippen LogP contribution in [0.15, 0.2) is 12.4 Å². The minimum atomic E-state index is 0.476. The molecule has 0 aliphatic rings. The SMILES string of the molecule is CCOc1cc2ncnc(NN)c2c(OCC)c1OCC. The van der Waals surface area contributed by atoms with Crippen LogP contribution in [-0.2, 0) is 0 Å². The number of anilines is 1. The van der Waals surface area contributed by atoms with Gasteiger partial charge in [-0.1, -0.05) is 0 Å². The van der Waals surface area contributed by atoms with Gasteiger partial charge in [-0.2, -0.15) is 0 Å². The van der Waals surface area contributed by atoms with Crippen LogP contribution >= 0.6 is 0 Å². The van der Waals surface area contributed by atoms with Crippen molar-refractivity contribution >= 4 is 16.7 Å². The van der Waals surface area contributed by atoms with Crippen molar-refractivity contribution in [2.75, 3.05) is 25.2 Å². The first-order valence-corrected chi connectivity index (χ1v) is 6.93. The number of benzene rings is 1. The molecule has 7 heteroatoms. The lowest BCUT2D eigenvalue weighted by atomic mass is 10.1. The third-order valence-electron chi connectivity index (χ3n) is 2.82. The normalized spacial score (nSPS) is 10.5. The Morgan fingerprint density at radius 3 is 2.29 bits per heavy atom. The van der Waals surface area contributed by atoms with Gasteiger partial charge in [0.1, 0.15) is 6.33 Å². The largest absolute Gasteiger partial charge is 0.490 e. The summed E-state index contributed by atoms with van der Waals surface area (Å²) in [5.74, 6) is 7.68. The Balaban J connectivity index is 2.77. The van der Waals surface area contributed by atoms with Crippen molar-refractivity contribution in [1.29, 1.82) is 0 Å². The van der Waals surface area contributed by atoms with Crippen LogP contribution in [0.25, 0.3) is 10.9 Å². The highest BCUT2D eigenvalue weighted by molar-refractivity contribution is 5.98. The molecule has 114 valence electrons. The number of hydrazine groups is 1. The summed E-state index contributed by atoms with van der Waals surface area (Å²) in [7, 11) is 0. The Hall–Kier alpha value is -2.28. The predicted molar refractivity (Wildman–Crippen MR) is 80.9 cm³/mol. The zero-order valence-electron chi connectivity index (χ0n) is 12.5. The van der Waals surface area contributed by atoms with Gasteiger partial charge in [0.05, 0.1) is 30.7 Å². The van der Waals surface area contributed by atoms with E-state index in [0.29, 0.717) is 53.8 Å². The molecule has 0 atom stereocenters. The number of hydrogen-bond acceptors (Lipinski definition) is 7. The van der Waals surface area contributed by atoms with E-state index in [2.05, 4.69) is 15.4 Å². The summed E-state index contributed by atoms with van der Waals surface area (Å²) in [4.78, 5) is 8.38. The van der Waals surface area contributed by atoms with E-state index in [9.17, 15) is 0 Å².